The highest BCUT2D eigenvalue weighted by Gasteiger charge is 2.31. The van der Waals surface area contributed by atoms with Crippen LogP contribution in [0.25, 0.3) is 0 Å². The summed E-state index contributed by atoms with van der Waals surface area (Å²) in [5.41, 5.74) is 0. The van der Waals surface area contributed by atoms with Crippen molar-refractivity contribution in [3.63, 3.8) is 0 Å². The first-order valence-corrected chi connectivity index (χ1v) is 14.5. The molecule has 4 heterocycles. The molecule has 0 aromatic carbocycles. The summed E-state index contributed by atoms with van der Waals surface area (Å²) in [5, 5.41) is 0. The monoisotopic (exact) mass is 480 g/mol. The smallest absolute Gasteiger partial charge is 0.306 e. The zero-order chi connectivity index (χ0) is 23.3. The fraction of sp³-hybridized carbons (Fsp3) is 0.826. The highest BCUT2D eigenvalue weighted by molar-refractivity contribution is 7.86. The Balaban J connectivity index is 1.60. The van der Waals surface area contributed by atoms with Crippen LogP contribution in [-0.2, 0) is 10.1 Å². The normalized spacial score (nSPS) is 20.1. The van der Waals surface area contributed by atoms with E-state index in [9.17, 15) is 8.42 Å². The highest BCUT2D eigenvalue weighted by atomic mass is 32.2. The van der Waals surface area contributed by atoms with E-state index < -0.39 is 10.1 Å². The number of piperazine rings is 1. The Morgan fingerprint density at radius 2 is 1.30 bits per heavy atom. The number of anilines is 3. The van der Waals surface area contributed by atoms with E-state index in [1.807, 2.05) is 0 Å². The van der Waals surface area contributed by atoms with Crippen LogP contribution in [0.2, 0.25) is 0 Å². The molecule has 0 bridgehead atoms. The number of rotatable bonds is 10. The average molecular weight is 481 g/mol. The Morgan fingerprint density at radius 3 is 1.85 bits per heavy atom. The van der Waals surface area contributed by atoms with E-state index in [0.717, 1.165) is 90.8 Å². The molecule has 0 spiro atoms. The molecule has 3 aliphatic rings. The summed E-state index contributed by atoms with van der Waals surface area (Å²) >= 11 is 0. The zero-order valence-electron chi connectivity index (χ0n) is 20.3. The maximum absolute atomic E-state index is 12.2. The number of hydrogen-bond donors (Lipinski definition) is 0. The van der Waals surface area contributed by atoms with E-state index in [1.54, 1.807) is 0 Å². The van der Waals surface area contributed by atoms with Crippen LogP contribution in [0.5, 0.6) is 5.75 Å². The second-order valence-corrected chi connectivity index (χ2v) is 11.1. The van der Waals surface area contributed by atoms with Gasteiger partial charge in [0, 0.05) is 52.4 Å². The van der Waals surface area contributed by atoms with Crippen molar-refractivity contribution in [2.75, 3.05) is 79.9 Å². The largest absolute Gasteiger partial charge is 0.375 e. The molecular weight excluding hydrogens is 440 g/mol. The molecular formula is C23H40N6O3S. The van der Waals surface area contributed by atoms with Crippen LogP contribution in [0.15, 0.2) is 0 Å². The second kappa shape index (κ2) is 11.1. The maximum Gasteiger partial charge on any atom is 0.306 e. The van der Waals surface area contributed by atoms with Crippen molar-refractivity contribution in [2.45, 2.75) is 58.3 Å². The van der Waals surface area contributed by atoms with Crippen molar-refractivity contribution in [1.82, 2.24) is 14.9 Å². The number of nitrogens with zero attached hydrogens (tertiary/aromatic N) is 6. The molecule has 1 aromatic rings. The third-order valence-corrected chi connectivity index (χ3v) is 7.32. The first-order valence-electron chi connectivity index (χ1n) is 12.7. The molecule has 0 N–H and O–H groups in total. The quantitative estimate of drug-likeness (QED) is 0.371. The Bertz CT molecular complexity index is 876. The molecule has 9 nitrogen and oxygen atoms in total. The zero-order valence-corrected chi connectivity index (χ0v) is 21.2. The fourth-order valence-corrected chi connectivity index (χ4v) is 5.46. The Labute approximate surface area is 199 Å². The van der Waals surface area contributed by atoms with Crippen LogP contribution in [0.3, 0.4) is 0 Å². The Kier molecular flexibility index (Phi) is 8.16. The van der Waals surface area contributed by atoms with Crippen molar-refractivity contribution >= 4 is 27.7 Å². The van der Waals surface area contributed by atoms with Crippen LogP contribution >= 0.6 is 0 Å². The molecule has 33 heavy (non-hydrogen) atoms. The standard InChI is InChI=1S/C23H40N6O3S/c1-3-4-5-6-11-26-16-18-28(19-17-26)22-20(32-33(2,30)31)21(27-12-7-8-13-27)24-23(25-22)29-14-9-10-15-29/h3-19H2,1-2H3. The third kappa shape index (κ3) is 6.41. The summed E-state index contributed by atoms with van der Waals surface area (Å²) < 4.78 is 30.1. The van der Waals surface area contributed by atoms with E-state index in [2.05, 4.69) is 26.5 Å². The van der Waals surface area contributed by atoms with Crippen molar-refractivity contribution in [1.29, 1.82) is 0 Å². The van der Waals surface area contributed by atoms with Gasteiger partial charge in [0.15, 0.2) is 11.6 Å². The minimum absolute atomic E-state index is 0.304. The van der Waals surface area contributed by atoms with E-state index in [4.69, 9.17) is 14.2 Å². The Morgan fingerprint density at radius 1 is 0.758 bits per heavy atom. The van der Waals surface area contributed by atoms with Crippen LogP contribution in [-0.4, -0.2) is 88.4 Å². The molecule has 0 radical (unpaired) electrons. The lowest BCUT2D eigenvalue weighted by Crippen LogP contribution is -2.47. The lowest BCUT2D eigenvalue weighted by atomic mass is 10.2. The van der Waals surface area contributed by atoms with Crippen LogP contribution in [0.4, 0.5) is 17.6 Å². The number of aromatic nitrogens is 2. The van der Waals surface area contributed by atoms with Crippen LogP contribution < -0.4 is 18.9 Å². The minimum Gasteiger partial charge on any atom is -0.375 e. The van der Waals surface area contributed by atoms with E-state index in [-0.39, 0.29) is 0 Å². The molecule has 0 saturated carbocycles. The SMILES string of the molecule is CCCCCCN1CCN(c2nc(N3CCCC3)nc(N3CCCC3)c2OS(C)(=O)=O)CC1. The van der Waals surface area contributed by atoms with Crippen LogP contribution in [0, 0.1) is 0 Å². The topological polar surface area (TPSA) is 82.1 Å². The minimum atomic E-state index is -3.71. The van der Waals surface area contributed by atoms with Gasteiger partial charge in [0.05, 0.1) is 6.26 Å². The second-order valence-electron chi connectivity index (χ2n) is 9.57. The molecule has 0 amide bonds. The first-order chi connectivity index (χ1) is 15.9. The molecule has 0 unspecified atom stereocenters. The van der Waals surface area contributed by atoms with Gasteiger partial charge in [-0.25, -0.2) is 0 Å². The van der Waals surface area contributed by atoms with Gasteiger partial charge in [-0.15, -0.1) is 0 Å². The van der Waals surface area contributed by atoms with Crippen LogP contribution in [0.1, 0.15) is 58.3 Å². The van der Waals surface area contributed by atoms with Gasteiger partial charge in [-0.05, 0) is 38.6 Å². The summed E-state index contributed by atoms with van der Waals surface area (Å²) in [6, 6.07) is 0. The molecule has 10 heteroatoms. The van der Waals surface area contributed by atoms with Crippen molar-refractivity contribution in [2.24, 2.45) is 0 Å². The maximum atomic E-state index is 12.2. The number of unbranched alkanes of at least 4 members (excludes halogenated alkanes) is 3. The van der Waals surface area contributed by atoms with Gasteiger partial charge in [0.25, 0.3) is 0 Å². The van der Waals surface area contributed by atoms with Crippen molar-refractivity contribution < 1.29 is 12.6 Å². The van der Waals surface area contributed by atoms with Gasteiger partial charge in [-0.3, -0.25) is 4.90 Å². The summed E-state index contributed by atoms with van der Waals surface area (Å²) in [5.74, 6) is 2.27. The molecule has 3 fully saturated rings. The average Bonchev–Trinajstić information content (AvgIpc) is 3.51. The molecule has 3 aliphatic heterocycles. The molecule has 186 valence electrons. The summed E-state index contributed by atoms with van der Waals surface area (Å²) in [7, 11) is -3.71. The van der Waals surface area contributed by atoms with Gasteiger partial charge < -0.3 is 18.9 Å². The molecule has 3 saturated heterocycles. The Hall–Kier alpha value is -1.81. The van der Waals surface area contributed by atoms with E-state index in [1.165, 1.54) is 25.7 Å². The fourth-order valence-electron chi connectivity index (χ4n) is 5.00. The lowest BCUT2D eigenvalue weighted by Gasteiger charge is -2.36. The summed E-state index contributed by atoms with van der Waals surface area (Å²) in [6.07, 6.45) is 10.6. The molecule has 4 rings (SSSR count). The van der Waals surface area contributed by atoms with Gasteiger partial charge in [-0.2, -0.15) is 18.4 Å². The summed E-state index contributed by atoms with van der Waals surface area (Å²) in [6.45, 7) is 10.5. The highest BCUT2D eigenvalue weighted by Crippen LogP contribution is 2.40. The van der Waals surface area contributed by atoms with E-state index >= 15 is 0 Å². The van der Waals surface area contributed by atoms with Gasteiger partial charge in [-0.1, -0.05) is 26.2 Å². The van der Waals surface area contributed by atoms with Gasteiger partial charge >= 0.3 is 10.1 Å². The number of hydrogen-bond acceptors (Lipinski definition) is 9. The van der Waals surface area contributed by atoms with Gasteiger partial charge in [0.1, 0.15) is 0 Å². The summed E-state index contributed by atoms with van der Waals surface area (Å²) in [4.78, 5) is 18.9. The van der Waals surface area contributed by atoms with E-state index in [0.29, 0.717) is 23.3 Å². The molecule has 0 atom stereocenters. The van der Waals surface area contributed by atoms with Crippen molar-refractivity contribution in [3.05, 3.63) is 0 Å². The molecule has 1 aromatic heterocycles. The van der Waals surface area contributed by atoms with Crippen molar-refractivity contribution in [3.8, 4) is 5.75 Å². The molecule has 0 aliphatic carbocycles. The predicted octanol–water partition coefficient (Wildman–Crippen LogP) is 2.72. The predicted molar refractivity (Wildman–Crippen MR) is 133 cm³/mol. The third-order valence-electron chi connectivity index (χ3n) is 6.85. The lowest BCUT2D eigenvalue weighted by molar-refractivity contribution is 0.251. The first kappa shape index (κ1) is 24.3. The van der Waals surface area contributed by atoms with Gasteiger partial charge in [0.2, 0.25) is 11.7 Å².